The largest absolute Gasteiger partial charge is 0.382 e. The van der Waals surface area contributed by atoms with Crippen molar-refractivity contribution in [2.45, 2.75) is 61.6 Å². The monoisotopic (exact) mass is 674 g/mol. The Hall–Kier alpha value is -3.90. The van der Waals surface area contributed by atoms with E-state index in [1.807, 2.05) is 106 Å². The van der Waals surface area contributed by atoms with Gasteiger partial charge in [-0.15, -0.1) is 11.8 Å². The zero-order chi connectivity index (χ0) is 33.9. The predicted molar refractivity (Wildman–Crippen MR) is 189 cm³/mol. The summed E-state index contributed by atoms with van der Waals surface area (Å²) in [7, 11) is -0.452. The molecule has 3 atom stereocenters. The average Bonchev–Trinajstić information content (AvgIpc) is 3.37. The van der Waals surface area contributed by atoms with E-state index in [-0.39, 0.29) is 23.1 Å². The second kappa shape index (κ2) is 14.1. The van der Waals surface area contributed by atoms with Crippen LogP contribution in [-0.4, -0.2) is 73.1 Å². The standard InChI is InChI=1S/C36H42N4O5S2/c1-24-13-9-10-16-26(24)22-37-34(42)33-36(2,3)46-23-40(33)35(43)32(41)29(21-25-14-7-6-8-15-25)38-47(44,45)31-20-12-17-27-28(31)18-11-19-30(27)39(4)5/h6-20,29,32-33,38,41H,21-23H2,1-5H3,(H,37,42). The summed E-state index contributed by atoms with van der Waals surface area (Å²) >= 11 is 1.44. The molecule has 3 unspecified atom stereocenters. The Labute approximate surface area is 281 Å². The summed E-state index contributed by atoms with van der Waals surface area (Å²) in [5.74, 6) is -0.876. The number of sulfonamides is 1. The van der Waals surface area contributed by atoms with Crippen molar-refractivity contribution in [1.29, 1.82) is 0 Å². The number of carbonyl (C=O) groups is 2. The van der Waals surface area contributed by atoms with Crippen molar-refractivity contribution in [2.75, 3.05) is 24.9 Å². The minimum atomic E-state index is -4.23. The normalized spacial score (nSPS) is 17.3. The van der Waals surface area contributed by atoms with Crippen LogP contribution in [0.25, 0.3) is 10.8 Å². The summed E-state index contributed by atoms with van der Waals surface area (Å²) in [5, 5.41) is 15.9. The van der Waals surface area contributed by atoms with Crippen LogP contribution >= 0.6 is 11.8 Å². The van der Waals surface area contributed by atoms with Gasteiger partial charge < -0.3 is 20.2 Å². The molecule has 5 rings (SSSR count). The molecular formula is C36H42N4O5S2. The van der Waals surface area contributed by atoms with E-state index in [2.05, 4.69) is 10.0 Å². The molecule has 47 heavy (non-hydrogen) atoms. The first-order valence-electron chi connectivity index (χ1n) is 15.5. The molecule has 11 heteroatoms. The third kappa shape index (κ3) is 7.49. The first kappa shape index (κ1) is 34.4. The number of carbonyl (C=O) groups excluding carboxylic acids is 2. The molecule has 0 aliphatic carbocycles. The SMILES string of the molecule is Cc1ccccc1CNC(=O)C1N(C(=O)C(O)C(Cc2ccccc2)NS(=O)(=O)c2cccc3c(N(C)C)cccc23)CSC1(C)C. The van der Waals surface area contributed by atoms with Crippen molar-refractivity contribution in [1.82, 2.24) is 14.9 Å². The Morgan fingerprint density at radius 3 is 2.32 bits per heavy atom. The van der Waals surface area contributed by atoms with Crippen LogP contribution in [0.3, 0.4) is 0 Å². The molecule has 1 saturated heterocycles. The van der Waals surface area contributed by atoms with Gasteiger partial charge in [0, 0.05) is 41.8 Å². The highest BCUT2D eigenvalue weighted by Gasteiger charge is 2.50. The smallest absolute Gasteiger partial charge is 0.254 e. The number of amides is 2. The Kier molecular flexibility index (Phi) is 10.3. The zero-order valence-electron chi connectivity index (χ0n) is 27.3. The molecule has 4 aromatic rings. The molecule has 248 valence electrons. The maximum Gasteiger partial charge on any atom is 0.254 e. The number of aliphatic hydroxyl groups is 1. The van der Waals surface area contributed by atoms with E-state index in [0.717, 1.165) is 27.8 Å². The molecule has 1 fully saturated rings. The van der Waals surface area contributed by atoms with E-state index >= 15 is 0 Å². The fourth-order valence-corrected chi connectivity index (χ4v) is 8.68. The number of fused-ring (bicyclic) bond motifs is 1. The van der Waals surface area contributed by atoms with Gasteiger partial charge in [0.05, 0.1) is 16.8 Å². The van der Waals surface area contributed by atoms with Crippen LogP contribution in [0.1, 0.15) is 30.5 Å². The van der Waals surface area contributed by atoms with Crippen LogP contribution in [-0.2, 0) is 32.6 Å². The topological polar surface area (TPSA) is 119 Å². The van der Waals surface area contributed by atoms with Crippen molar-refractivity contribution < 1.29 is 23.1 Å². The van der Waals surface area contributed by atoms with Crippen LogP contribution in [0.4, 0.5) is 5.69 Å². The number of hydrogen-bond acceptors (Lipinski definition) is 7. The van der Waals surface area contributed by atoms with Gasteiger partial charge in [0.15, 0.2) is 0 Å². The highest BCUT2D eigenvalue weighted by molar-refractivity contribution is 8.00. The molecule has 4 aromatic carbocycles. The minimum Gasteiger partial charge on any atom is -0.382 e. The van der Waals surface area contributed by atoms with Crippen LogP contribution < -0.4 is 14.9 Å². The highest BCUT2D eigenvalue weighted by atomic mass is 32.2. The third-order valence-corrected chi connectivity index (χ3v) is 11.6. The summed E-state index contributed by atoms with van der Waals surface area (Å²) in [5.41, 5.74) is 3.60. The van der Waals surface area contributed by atoms with E-state index in [0.29, 0.717) is 11.9 Å². The lowest BCUT2D eigenvalue weighted by atomic mass is 9.97. The summed E-state index contributed by atoms with van der Waals surface area (Å²) in [6.45, 7) is 6.05. The van der Waals surface area contributed by atoms with Gasteiger partial charge in [-0.3, -0.25) is 9.59 Å². The molecule has 1 heterocycles. The summed E-state index contributed by atoms with van der Waals surface area (Å²) in [6, 6.07) is 25.3. The van der Waals surface area contributed by atoms with Gasteiger partial charge >= 0.3 is 0 Å². The minimum absolute atomic E-state index is 0.0442. The Morgan fingerprint density at radius 2 is 1.62 bits per heavy atom. The molecule has 0 aromatic heterocycles. The molecule has 9 nitrogen and oxygen atoms in total. The van der Waals surface area contributed by atoms with Crippen LogP contribution in [0.5, 0.6) is 0 Å². The molecule has 1 aliphatic rings. The second-order valence-corrected chi connectivity index (χ2v) is 15.9. The van der Waals surface area contributed by atoms with Gasteiger partial charge in [0.1, 0.15) is 12.1 Å². The van der Waals surface area contributed by atoms with Gasteiger partial charge in [-0.25, -0.2) is 13.1 Å². The highest BCUT2D eigenvalue weighted by Crippen LogP contribution is 2.40. The lowest BCUT2D eigenvalue weighted by molar-refractivity contribution is -0.147. The van der Waals surface area contributed by atoms with Crippen LogP contribution in [0.15, 0.2) is 95.9 Å². The number of thioether (sulfide) groups is 1. The predicted octanol–water partition coefficient (Wildman–Crippen LogP) is 4.46. The fourth-order valence-electron chi connectivity index (χ4n) is 6.08. The maximum atomic E-state index is 14.1. The molecular weight excluding hydrogens is 633 g/mol. The number of nitrogens with zero attached hydrogens (tertiary/aromatic N) is 2. The number of aliphatic hydroxyl groups excluding tert-OH is 1. The van der Waals surface area contributed by atoms with Gasteiger partial charge in [0.2, 0.25) is 15.9 Å². The first-order valence-corrected chi connectivity index (χ1v) is 18.0. The molecule has 0 spiro atoms. The fraction of sp³-hybridized carbons (Fsp3) is 0.333. The van der Waals surface area contributed by atoms with Crippen LogP contribution in [0.2, 0.25) is 0 Å². The third-order valence-electron chi connectivity index (χ3n) is 8.66. The molecule has 0 saturated carbocycles. The number of rotatable bonds is 11. The Balaban J connectivity index is 1.44. The second-order valence-electron chi connectivity index (χ2n) is 12.6. The molecule has 1 aliphatic heterocycles. The van der Waals surface area contributed by atoms with E-state index in [9.17, 15) is 23.1 Å². The lowest BCUT2D eigenvalue weighted by Crippen LogP contribution is -2.58. The van der Waals surface area contributed by atoms with Gasteiger partial charge in [0.25, 0.3) is 5.91 Å². The maximum absolute atomic E-state index is 14.1. The summed E-state index contributed by atoms with van der Waals surface area (Å²) < 4.78 is 30.2. The molecule has 2 amide bonds. The van der Waals surface area contributed by atoms with E-state index in [1.165, 1.54) is 22.7 Å². The van der Waals surface area contributed by atoms with Crippen molar-refractivity contribution >= 4 is 50.1 Å². The Morgan fingerprint density at radius 1 is 0.957 bits per heavy atom. The summed E-state index contributed by atoms with van der Waals surface area (Å²) in [6.07, 6.45) is -1.71. The number of nitrogens with one attached hydrogen (secondary N) is 2. The summed E-state index contributed by atoms with van der Waals surface area (Å²) in [4.78, 5) is 31.1. The zero-order valence-corrected chi connectivity index (χ0v) is 28.9. The lowest BCUT2D eigenvalue weighted by Gasteiger charge is -2.33. The number of hydrogen-bond donors (Lipinski definition) is 3. The quantitative estimate of drug-likeness (QED) is 0.215. The van der Waals surface area contributed by atoms with E-state index in [4.69, 9.17) is 0 Å². The van der Waals surface area contributed by atoms with Gasteiger partial charge in [-0.2, -0.15) is 0 Å². The van der Waals surface area contributed by atoms with Gasteiger partial charge in [-0.1, -0.05) is 78.9 Å². The molecule has 3 N–H and O–H groups in total. The first-order chi connectivity index (χ1) is 22.3. The van der Waals surface area contributed by atoms with Crippen molar-refractivity contribution in [3.63, 3.8) is 0 Å². The van der Waals surface area contributed by atoms with Crippen molar-refractivity contribution in [3.8, 4) is 0 Å². The van der Waals surface area contributed by atoms with Crippen molar-refractivity contribution in [3.05, 3.63) is 108 Å². The van der Waals surface area contributed by atoms with E-state index < -0.39 is 38.9 Å². The molecule has 0 bridgehead atoms. The Bertz CT molecular complexity index is 1860. The average molecular weight is 675 g/mol. The van der Waals surface area contributed by atoms with Crippen LogP contribution in [0, 0.1) is 6.92 Å². The van der Waals surface area contributed by atoms with Gasteiger partial charge in [-0.05, 0) is 56.0 Å². The number of anilines is 1. The van der Waals surface area contributed by atoms with E-state index in [1.54, 1.807) is 18.2 Å². The number of benzene rings is 4. The number of aryl methyl sites for hydroxylation is 1. The molecule has 0 radical (unpaired) electrons. The van der Waals surface area contributed by atoms with Crippen molar-refractivity contribution in [2.24, 2.45) is 0 Å².